The highest BCUT2D eigenvalue weighted by molar-refractivity contribution is 5.89. The highest BCUT2D eigenvalue weighted by atomic mass is 16.4. The van der Waals surface area contributed by atoms with Crippen LogP contribution in [-0.2, 0) is 16.1 Å². The predicted octanol–water partition coefficient (Wildman–Crippen LogP) is 1.01. The lowest BCUT2D eigenvalue weighted by atomic mass is 10.3. The van der Waals surface area contributed by atoms with E-state index in [2.05, 4.69) is 15.4 Å². The summed E-state index contributed by atoms with van der Waals surface area (Å²) in [5, 5.41) is 15.1. The topological polar surface area (TPSA) is 97.1 Å². The molecule has 0 aliphatic carbocycles. The molecule has 7 nitrogen and oxygen atoms in total. The van der Waals surface area contributed by atoms with Gasteiger partial charge in [-0.1, -0.05) is 6.07 Å². The fourth-order valence-electron chi connectivity index (χ4n) is 1.49. The smallest absolute Gasteiger partial charge is 0.328 e. The molecular formula is C13H12N4O3. The number of rotatable bonds is 5. The minimum Gasteiger partial charge on any atom is -0.478 e. The monoisotopic (exact) mass is 272 g/mol. The molecule has 2 heterocycles. The van der Waals surface area contributed by atoms with E-state index >= 15 is 0 Å². The molecule has 2 rings (SSSR count). The van der Waals surface area contributed by atoms with E-state index in [1.807, 2.05) is 0 Å². The van der Waals surface area contributed by atoms with Gasteiger partial charge in [0, 0.05) is 18.5 Å². The molecule has 0 aromatic carbocycles. The van der Waals surface area contributed by atoms with Crippen molar-refractivity contribution in [3.8, 4) is 0 Å². The summed E-state index contributed by atoms with van der Waals surface area (Å²) in [5.41, 5.74) is 0.448. The summed E-state index contributed by atoms with van der Waals surface area (Å²) >= 11 is 0. The van der Waals surface area contributed by atoms with Crippen molar-refractivity contribution in [3.05, 3.63) is 48.4 Å². The number of aromatic nitrogens is 3. The highest BCUT2D eigenvalue weighted by Crippen LogP contribution is 2.06. The minimum absolute atomic E-state index is 0.0872. The number of carboxylic acid groups (broad SMARTS) is 1. The number of nitrogens with zero attached hydrogens (tertiary/aromatic N) is 3. The van der Waals surface area contributed by atoms with Crippen molar-refractivity contribution in [2.45, 2.75) is 6.54 Å². The lowest BCUT2D eigenvalue weighted by Crippen LogP contribution is -2.19. The van der Waals surface area contributed by atoms with Gasteiger partial charge < -0.3 is 10.4 Å². The summed E-state index contributed by atoms with van der Waals surface area (Å²) in [5.74, 6) is -0.963. The first-order valence-electron chi connectivity index (χ1n) is 5.79. The van der Waals surface area contributed by atoms with E-state index in [9.17, 15) is 9.59 Å². The van der Waals surface area contributed by atoms with Gasteiger partial charge in [-0.3, -0.25) is 9.48 Å². The molecule has 0 atom stereocenters. The Morgan fingerprint density at radius 3 is 2.90 bits per heavy atom. The molecule has 1 amide bonds. The predicted molar refractivity (Wildman–Crippen MR) is 71.8 cm³/mol. The quantitative estimate of drug-likeness (QED) is 0.792. The first kappa shape index (κ1) is 13.5. The molecule has 0 spiro atoms. The third kappa shape index (κ3) is 4.05. The van der Waals surface area contributed by atoms with Crippen LogP contribution in [0.3, 0.4) is 0 Å². The second-order valence-corrected chi connectivity index (χ2v) is 3.87. The molecule has 20 heavy (non-hydrogen) atoms. The number of hydrogen-bond donors (Lipinski definition) is 2. The average Bonchev–Trinajstić information content (AvgIpc) is 2.89. The molecule has 0 fully saturated rings. The van der Waals surface area contributed by atoms with Crippen molar-refractivity contribution in [3.63, 3.8) is 0 Å². The van der Waals surface area contributed by atoms with Crippen LogP contribution in [0.25, 0.3) is 6.08 Å². The van der Waals surface area contributed by atoms with E-state index in [1.54, 1.807) is 36.7 Å². The number of hydrogen-bond acceptors (Lipinski definition) is 4. The van der Waals surface area contributed by atoms with E-state index in [0.29, 0.717) is 11.5 Å². The van der Waals surface area contributed by atoms with Gasteiger partial charge in [0.1, 0.15) is 12.4 Å². The van der Waals surface area contributed by atoms with Crippen LogP contribution in [-0.4, -0.2) is 31.7 Å². The second-order valence-electron chi connectivity index (χ2n) is 3.87. The standard InChI is InChI=1S/C13H12N4O3/c18-12(9-17-8-2-7-14-17)16-11-4-1-3-10(15-11)5-6-13(19)20/h1-8H,9H2,(H,19,20)(H,15,16,18). The molecule has 2 N–H and O–H groups in total. The molecule has 2 aromatic rings. The largest absolute Gasteiger partial charge is 0.478 e. The van der Waals surface area contributed by atoms with Crippen molar-refractivity contribution in [2.24, 2.45) is 0 Å². The van der Waals surface area contributed by atoms with Gasteiger partial charge in [0.2, 0.25) is 5.91 Å². The molecule has 7 heteroatoms. The molecule has 0 bridgehead atoms. The van der Waals surface area contributed by atoms with E-state index in [0.717, 1.165) is 6.08 Å². The Balaban J connectivity index is 2.00. The number of carbonyl (C=O) groups excluding carboxylic acids is 1. The van der Waals surface area contributed by atoms with Gasteiger partial charge in [0.25, 0.3) is 0 Å². The molecule has 102 valence electrons. The van der Waals surface area contributed by atoms with Gasteiger partial charge in [-0.15, -0.1) is 0 Å². The third-order valence-corrected chi connectivity index (χ3v) is 2.30. The van der Waals surface area contributed by atoms with Gasteiger partial charge in [-0.2, -0.15) is 5.10 Å². The van der Waals surface area contributed by atoms with Crippen LogP contribution < -0.4 is 5.32 Å². The number of carboxylic acids is 1. The van der Waals surface area contributed by atoms with Crippen molar-refractivity contribution in [2.75, 3.05) is 5.32 Å². The molecule has 0 radical (unpaired) electrons. The summed E-state index contributed by atoms with van der Waals surface area (Å²) in [6.45, 7) is 0.0872. The number of carbonyl (C=O) groups is 2. The van der Waals surface area contributed by atoms with Gasteiger partial charge in [0.05, 0.1) is 5.69 Å². The fraction of sp³-hybridized carbons (Fsp3) is 0.0769. The highest BCUT2D eigenvalue weighted by Gasteiger charge is 2.04. The Morgan fingerprint density at radius 1 is 1.35 bits per heavy atom. The number of aliphatic carboxylic acids is 1. The number of anilines is 1. The molecule has 2 aromatic heterocycles. The second kappa shape index (κ2) is 6.28. The van der Waals surface area contributed by atoms with Crippen molar-refractivity contribution in [1.29, 1.82) is 0 Å². The normalized spacial score (nSPS) is 10.6. The number of pyridine rings is 1. The first-order chi connectivity index (χ1) is 9.63. The van der Waals surface area contributed by atoms with Crippen LogP contribution >= 0.6 is 0 Å². The Bertz CT molecular complexity index is 635. The third-order valence-electron chi connectivity index (χ3n) is 2.30. The zero-order valence-corrected chi connectivity index (χ0v) is 10.4. The van der Waals surface area contributed by atoms with Crippen LogP contribution in [0.1, 0.15) is 5.69 Å². The average molecular weight is 272 g/mol. The molecule has 0 aliphatic rings. The molecular weight excluding hydrogens is 260 g/mol. The molecule has 0 saturated heterocycles. The van der Waals surface area contributed by atoms with Crippen LogP contribution in [0.4, 0.5) is 5.82 Å². The first-order valence-corrected chi connectivity index (χ1v) is 5.79. The zero-order valence-electron chi connectivity index (χ0n) is 10.4. The van der Waals surface area contributed by atoms with Crippen LogP contribution in [0, 0.1) is 0 Å². The van der Waals surface area contributed by atoms with Gasteiger partial charge >= 0.3 is 5.97 Å². The van der Waals surface area contributed by atoms with Crippen LogP contribution in [0.5, 0.6) is 0 Å². The fourth-order valence-corrected chi connectivity index (χ4v) is 1.49. The van der Waals surface area contributed by atoms with Crippen LogP contribution in [0.2, 0.25) is 0 Å². The Kier molecular flexibility index (Phi) is 4.23. The van der Waals surface area contributed by atoms with Gasteiger partial charge in [0.15, 0.2) is 0 Å². The molecule has 0 saturated carbocycles. The lowest BCUT2D eigenvalue weighted by molar-refractivity contribution is -0.131. The Hall–Kier alpha value is -2.96. The maximum Gasteiger partial charge on any atom is 0.328 e. The van der Waals surface area contributed by atoms with Crippen molar-refractivity contribution in [1.82, 2.24) is 14.8 Å². The van der Waals surface area contributed by atoms with Gasteiger partial charge in [-0.25, -0.2) is 9.78 Å². The maximum atomic E-state index is 11.7. The number of amides is 1. The van der Waals surface area contributed by atoms with E-state index in [4.69, 9.17) is 5.11 Å². The zero-order chi connectivity index (χ0) is 14.4. The number of nitrogens with one attached hydrogen (secondary N) is 1. The van der Waals surface area contributed by atoms with E-state index < -0.39 is 5.97 Å². The lowest BCUT2D eigenvalue weighted by Gasteiger charge is -2.05. The summed E-state index contributed by atoms with van der Waals surface area (Å²) in [6, 6.07) is 6.67. The summed E-state index contributed by atoms with van der Waals surface area (Å²) in [6.07, 6.45) is 5.60. The van der Waals surface area contributed by atoms with Gasteiger partial charge in [-0.05, 0) is 24.3 Å². The minimum atomic E-state index is -1.06. The molecule has 0 unspecified atom stereocenters. The van der Waals surface area contributed by atoms with E-state index in [-0.39, 0.29) is 12.5 Å². The van der Waals surface area contributed by atoms with E-state index in [1.165, 1.54) is 10.8 Å². The Morgan fingerprint density at radius 2 is 2.20 bits per heavy atom. The summed E-state index contributed by atoms with van der Waals surface area (Å²) in [4.78, 5) is 26.3. The summed E-state index contributed by atoms with van der Waals surface area (Å²) < 4.78 is 1.49. The Labute approximate surface area is 114 Å². The molecule has 0 aliphatic heterocycles. The summed E-state index contributed by atoms with van der Waals surface area (Å²) in [7, 11) is 0. The van der Waals surface area contributed by atoms with Crippen molar-refractivity contribution < 1.29 is 14.7 Å². The maximum absolute atomic E-state index is 11.7. The van der Waals surface area contributed by atoms with Crippen molar-refractivity contribution >= 4 is 23.8 Å². The SMILES string of the molecule is O=C(O)C=Cc1cccc(NC(=O)Cn2cccn2)n1. The van der Waals surface area contributed by atoms with Crippen LogP contribution in [0.15, 0.2) is 42.7 Å².